The molecular weight excluding hydrogens is 330 g/mol. The minimum absolute atomic E-state index is 0.0616. The summed E-state index contributed by atoms with van der Waals surface area (Å²) in [5.41, 5.74) is 0.703. The van der Waals surface area contributed by atoms with Crippen LogP contribution < -0.4 is 5.32 Å². The first-order valence-corrected chi connectivity index (χ1v) is 9.03. The number of carbonyl (C=O) groups excluding carboxylic acids is 2. The molecule has 1 unspecified atom stereocenters. The van der Waals surface area contributed by atoms with Crippen LogP contribution >= 0.6 is 0 Å². The van der Waals surface area contributed by atoms with Gasteiger partial charge in [0.15, 0.2) is 0 Å². The molecule has 0 spiro atoms. The van der Waals surface area contributed by atoms with Gasteiger partial charge in [-0.25, -0.2) is 4.79 Å². The van der Waals surface area contributed by atoms with E-state index in [1.807, 2.05) is 52.9 Å². The van der Waals surface area contributed by atoms with Gasteiger partial charge in [-0.3, -0.25) is 4.79 Å². The fraction of sp³-hybridized carbons (Fsp3) is 0.600. The van der Waals surface area contributed by atoms with E-state index in [1.54, 1.807) is 7.05 Å². The predicted molar refractivity (Wildman–Crippen MR) is 104 cm³/mol. The second-order valence-corrected chi connectivity index (χ2v) is 7.78. The normalized spacial score (nSPS) is 12.6. The van der Waals surface area contributed by atoms with Gasteiger partial charge in [-0.05, 0) is 33.4 Å². The summed E-state index contributed by atoms with van der Waals surface area (Å²) in [6, 6.07) is 10.2. The Balaban J connectivity index is 2.30. The van der Waals surface area contributed by atoms with Crippen molar-refractivity contribution in [2.45, 2.75) is 39.8 Å². The summed E-state index contributed by atoms with van der Waals surface area (Å²) >= 11 is 0. The van der Waals surface area contributed by atoms with E-state index in [0.717, 1.165) is 13.1 Å². The number of benzene rings is 1. The topological polar surface area (TPSA) is 61.9 Å². The van der Waals surface area contributed by atoms with Crippen LogP contribution in [0.15, 0.2) is 30.3 Å². The number of likely N-dealkylation sites (N-methyl/N-ethyl adjacent to an activating group) is 1. The Hall–Kier alpha value is -2.08. The Morgan fingerprint density at radius 3 is 2.35 bits per heavy atom. The van der Waals surface area contributed by atoms with Crippen LogP contribution in [0.1, 0.15) is 33.3 Å². The molecule has 1 atom stereocenters. The maximum atomic E-state index is 12.2. The molecule has 6 nitrogen and oxygen atoms in total. The Morgan fingerprint density at radius 2 is 1.77 bits per heavy atom. The molecule has 0 aliphatic rings. The van der Waals surface area contributed by atoms with Crippen molar-refractivity contribution < 1.29 is 14.3 Å². The van der Waals surface area contributed by atoms with Gasteiger partial charge in [-0.1, -0.05) is 37.3 Å². The molecule has 1 rings (SSSR count). The largest absolute Gasteiger partial charge is 0.444 e. The number of hydrogen-bond donors (Lipinski definition) is 1. The fourth-order valence-corrected chi connectivity index (χ4v) is 2.43. The molecule has 0 fully saturated rings. The highest BCUT2D eigenvalue weighted by Crippen LogP contribution is 2.10. The molecule has 0 saturated heterocycles. The quantitative estimate of drug-likeness (QED) is 0.771. The summed E-state index contributed by atoms with van der Waals surface area (Å²) in [7, 11) is 3.67. The highest BCUT2D eigenvalue weighted by Gasteiger charge is 2.23. The number of nitrogens with one attached hydrogen (secondary N) is 1. The summed E-state index contributed by atoms with van der Waals surface area (Å²) in [4.78, 5) is 27.8. The molecule has 1 N–H and O–H groups in total. The van der Waals surface area contributed by atoms with Crippen molar-refractivity contribution in [1.82, 2.24) is 15.1 Å². The van der Waals surface area contributed by atoms with Crippen LogP contribution in [0.2, 0.25) is 0 Å². The lowest BCUT2D eigenvalue weighted by molar-refractivity contribution is -0.124. The van der Waals surface area contributed by atoms with E-state index >= 15 is 0 Å². The molecule has 26 heavy (non-hydrogen) atoms. The Bertz CT molecular complexity index is 569. The molecule has 2 amide bonds. The molecule has 0 saturated carbocycles. The average Bonchev–Trinajstić information content (AvgIpc) is 2.53. The van der Waals surface area contributed by atoms with E-state index in [9.17, 15) is 9.59 Å². The predicted octanol–water partition coefficient (Wildman–Crippen LogP) is 2.74. The van der Waals surface area contributed by atoms with Gasteiger partial charge < -0.3 is 19.9 Å². The van der Waals surface area contributed by atoms with Gasteiger partial charge in [0.25, 0.3) is 0 Å². The standard InChI is InChI=1S/C20H33N3O3/c1-16(14-23(6)19(25)26-20(2,3)4)18(24)21-12-13-22(5)15-17-10-8-7-9-11-17/h7-11,16H,12-15H2,1-6H3,(H,21,24). The van der Waals surface area contributed by atoms with E-state index in [1.165, 1.54) is 10.5 Å². The molecule has 0 aliphatic carbocycles. The molecular formula is C20H33N3O3. The first-order chi connectivity index (χ1) is 12.1. The van der Waals surface area contributed by atoms with Crippen LogP contribution in [0.3, 0.4) is 0 Å². The van der Waals surface area contributed by atoms with Gasteiger partial charge in [-0.15, -0.1) is 0 Å². The molecule has 0 aromatic heterocycles. The van der Waals surface area contributed by atoms with Crippen molar-refractivity contribution in [2.24, 2.45) is 5.92 Å². The summed E-state index contributed by atoms with van der Waals surface area (Å²) in [6.07, 6.45) is -0.417. The Kier molecular flexibility index (Phi) is 8.58. The Labute approximate surface area is 157 Å². The van der Waals surface area contributed by atoms with Crippen LogP contribution in [0.5, 0.6) is 0 Å². The molecule has 146 valence electrons. The third-order valence-corrected chi connectivity index (χ3v) is 3.79. The van der Waals surface area contributed by atoms with Crippen LogP contribution in [0, 0.1) is 5.92 Å². The van der Waals surface area contributed by atoms with E-state index in [0.29, 0.717) is 13.1 Å². The van der Waals surface area contributed by atoms with E-state index in [2.05, 4.69) is 22.3 Å². The van der Waals surface area contributed by atoms with Gasteiger partial charge in [0.05, 0.1) is 5.92 Å². The summed E-state index contributed by atoms with van der Waals surface area (Å²) < 4.78 is 5.30. The zero-order chi connectivity index (χ0) is 19.7. The lowest BCUT2D eigenvalue weighted by Gasteiger charge is -2.26. The highest BCUT2D eigenvalue weighted by molar-refractivity contribution is 5.79. The molecule has 0 heterocycles. The first-order valence-electron chi connectivity index (χ1n) is 9.03. The SMILES string of the molecule is CC(CN(C)C(=O)OC(C)(C)C)C(=O)NCCN(C)Cc1ccccc1. The number of ether oxygens (including phenoxy) is 1. The maximum Gasteiger partial charge on any atom is 0.410 e. The highest BCUT2D eigenvalue weighted by atomic mass is 16.6. The van der Waals surface area contributed by atoms with Gasteiger partial charge in [-0.2, -0.15) is 0 Å². The van der Waals surface area contributed by atoms with Gasteiger partial charge in [0, 0.05) is 33.2 Å². The number of rotatable bonds is 8. The van der Waals surface area contributed by atoms with Gasteiger partial charge >= 0.3 is 6.09 Å². The van der Waals surface area contributed by atoms with Gasteiger partial charge in [0.1, 0.15) is 5.60 Å². The average molecular weight is 364 g/mol. The summed E-state index contributed by atoms with van der Waals surface area (Å²) in [5.74, 6) is -0.361. The Morgan fingerprint density at radius 1 is 1.15 bits per heavy atom. The number of hydrogen-bond acceptors (Lipinski definition) is 4. The fourth-order valence-electron chi connectivity index (χ4n) is 2.43. The molecule has 0 aliphatic heterocycles. The van der Waals surface area contributed by atoms with Crippen molar-refractivity contribution in [3.05, 3.63) is 35.9 Å². The third kappa shape index (κ3) is 8.85. The summed E-state index contributed by atoms with van der Waals surface area (Å²) in [6.45, 7) is 9.76. The minimum atomic E-state index is -0.541. The molecule has 1 aromatic rings. The molecule has 0 radical (unpaired) electrons. The lowest BCUT2D eigenvalue weighted by Crippen LogP contribution is -2.42. The molecule has 1 aromatic carbocycles. The van der Waals surface area contributed by atoms with Crippen molar-refractivity contribution in [1.29, 1.82) is 0 Å². The summed E-state index contributed by atoms with van der Waals surface area (Å²) in [5, 5.41) is 2.93. The lowest BCUT2D eigenvalue weighted by atomic mass is 10.1. The van der Waals surface area contributed by atoms with Crippen LogP contribution in [0.4, 0.5) is 4.79 Å². The monoisotopic (exact) mass is 363 g/mol. The molecule has 6 heteroatoms. The molecule has 0 bridgehead atoms. The number of nitrogens with zero attached hydrogens (tertiary/aromatic N) is 2. The zero-order valence-corrected chi connectivity index (χ0v) is 16.9. The zero-order valence-electron chi connectivity index (χ0n) is 16.9. The van der Waals surface area contributed by atoms with Crippen molar-refractivity contribution in [2.75, 3.05) is 33.7 Å². The maximum absolute atomic E-state index is 12.2. The third-order valence-electron chi connectivity index (χ3n) is 3.79. The van der Waals surface area contributed by atoms with E-state index in [4.69, 9.17) is 4.74 Å². The number of amides is 2. The van der Waals surface area contributed by atoms with Crippen molar-refractivity contribution in [3.8, 4) is 0 Å². The van der Waals surface area contributed by atoms with E-state index < -0.39 is 11.7 Å². The van der Waals surface area contributed by atoms with Crippen molar-refractivity contribution >= 4 is 12.0 Å². The van der Waals surface area contributed by atoms with Crippen LogP contribution in [-0.4, -0.2) is 61.1 Å². The van der Waals surface area contributed by atoms with Crippen LogP contribution in [0.25, 0.3) is 0 Å². The van der Waals surface area contributed by atoms with Crippen LogP contribution in [-0.2, 0) is 16.1 Å². The first kappa shape index (κ1) is 22.0. The van der Waals surface area contributed by atoms with Crippen molar-refractivity contribution in [3.63, 3.8) is 0 Å². The number of carbonyl (C=O) groups is 2. The minimum Gasteiger partial charge on any atom is -0.444 e. The second kappa shape index (κ2) is 10.2. The van der Waals surface area contributed by atoms with Gasteiger partial charge in [0.2, 0.25) is 5.91 Å². The second-order valence-electron chi connectivity index (χ2n) is 7.78. The van der Waals surface area contributed by atoms with E-state index in [-0.39, 0.29) is 11.8 Å². The smallest absolute Gasteiger partial charge is 0.410 e.